The molecule has 0 saturated carbocycles. The summed E-state index contributed by atoms with van der Waals surface area (Å²) >= 11 is 6.08. The molecule has 0 atom stereocenters. The number of carbonyl (C=O) groups excluding carboxylic acids is 1. The summed E-state index contributed by atoms with van der Waals surface area (Å²) in [6, 6.07) is 11.7. The molecule has 0 heterocycles. The van der Waals surface area contributed by atoms with Crippen LogP contribution in [0.15, 0.2) is 47.4 Å². The van der Waals surface area contributed by atoms with Gasteiger partial charge in [-0.05, 0) is 41.3 Å². The first-order valence-electron chi connectivity index (χ1n) is 8.66. The molecular weight excluding hydrogens is 400 g/mol. The monoisotopic (exact) mass is 424 g/mol. The number of nitrogens with one attached hydrogen (secondary N) is 1. The summed E-state index contributed by atoms with van der Waals surface area (Å²) in [7, 11) is -0.768. The molecule has 0 aliphatic heterocycles. The van der Waals surface area contributed by atoms with Crippen LogP contribution < -0.4 is 10.1 Å². The number of benzene rings is 2. The minimum absolute atomic E-state index is 0.0323. The second kappa shape index (κ2) is 8.51. The number of carbonyl (C=O) groups is 1. The van der Waals surface area contributed by atoms with Crippen LogP contribution in [0.3, 0.4) is 0 Å². The Morgan fingerprint density at radius 1 is 1.11 bits per heavy atom. The molecule has 28 heavy (non-hydrogen) atoms. The first-order valence-corrected chi connectivity index (χ1v) is 10.5. The molecule has 6 nitrogen and oxygen atoms in total. The molecule has 1 N–H and O–H groups in total. The molecule has 0 fully saturated rings. The van der Waals surface area contributed by atoms with E-state index in [-0.39, 0.29) is 27.6 Å². The third kappa shape index (κ3) is 5.47. The van der Waals surface area contributed by atoms with Crippen molar-refractivity contribution >= 4 is 33.2 Å². The van der Waals surface area contributed by atoms with Crippen LogP contribution in [0, 0.1) is 0 Å². The second-order valence-corrected chi connectivity index (χ2v) is 10.1. The molecule has 1 amide bonds. The second-order valence-electron chi connectivity index (χ2n) is 7.54. The van der Waals surface area contributed by atoms with Crippen LogP contribution in [0.1, 0.15) is 26.3 Å². The summed E-state index contributed by atoms with van der Waals surface area (Å²) in [5, 5.41) is 2.83. The normalized spacial score (nSPS) is 12.1. The zero-order chi connectivity index (χ0) is 21.1. The number of anilines is 1. The van der Waals surface area contributed by atoms with Gasteiger partial charge >= 0.3 is 0 Å². The highest BCUT2D eigenvalue weighted by atomic mass is 35.5. The van der Waals surface area contributed by atoms with Crippen molar-refractivity contribution in [1.82, 2.24) is 4.31 Å². The van der Waals surface area contributed by atoms with Crippen LogP contribution in [-0.2, 0) is 20.2 Å². The fourth-order valence-corrected chi connectivity index (χ4v) is 3.45. The summed E-state index contributed by atoms with van der Waals surface area (Å²) in [5.41, 5.74) is 1.40. The maximum absolute atomic E-state index is 12.2. The number of halogens is 1. The predicted molar refractivity (Wildman–Crippen MR) is 112 cm³/mol. The van der Waals surface area contributed by atoms with Crippen molar-refractivity contribution in [3.05, 3.63) is 53.1 Å². The van der Waals surface area contributed by atoms with Crippen molar-refractivity contribution in [3.8, 4) is 5.75 Å². The minimum atomic E-state index is -3.63. The average Bonchev–Trinajstić information content (AvgIpc) is 2.61. The quantitative estimate of drug-likeness (QED) is 0.762. The van der Waals surface area contributed by atoms with Gasteiger partial charge in [-0.2, -0.15) is 0 Å². The van der Waals surface area contributed by atoms with Gasteiger partial charge in [0.05, 0.1) is 15.6 Å². The van der Waals surface area contributed by atoms with Crippen molar-refractivity contribution in [2.45, 2.75) is 31.1 Å². The van der Waals surface area contributed by atoms with E-state index in [2.05, 4.69) is 26.1 Å². The highest BCUT2D eigenvalue weighted by Gasteiger charge is 2.19. The lowest BCUT2D eigenvalue weighted by Crippen LogP contribution is -2.23. The van der Waals surface area contributed by atoms with Gasteiger partial charge in [0, 0.05) is 14.1 Å². The molecular formula is C20H25ClN2O4S. The van der Waals surface area contributed by atoms with Crippen molar-refractivity contribution in [2.75, 3.05) is 26.0 Å². The predicted octanol–water partition coefficient (Wildman–Crippen LogP) is 3.91. The first kappa shape index (κ1) is 22.2. The van der Waals surface area contributed by atoms with Crippen LogP contribution in [0.5, 0.6) is 5.75 Å². The van der Waals surface area contributed by atoms with Crippen LogP contribution >= 0.6 is 11.6 Å². The molecule has 0 unspecified atom stereocenters. The van der Waals surface area contributed by atoms with E-state index < -0.39 is 15.9 Å². The number of ether oxygens (including phenoxy) is 1. The number of amides is 1. The molecule has 0 aliphatic rings. The van der Waals surface area contributed by atoms with Gasteiger partial charge < -0.3 is 10.1 Å². The Morgan fingerprint density at radius 3 is 2.25 bits per heavy atom. The molecule has 0 saturated heterocycles. The summed E-state index contributed by atoms with van der Waals surface area (Å²) in [6.45, 7) is 6.12. The SMILES string of the molecule is CN(C)S(=O)(=O)c1ccc(Cl)c(NC(=O)COc2ccc(C(C)(C)C)cc2)c1. The van der Waals surface area contributed by atoms with Crippen molar-refractivity contribution in [3.63, 3.8) is 0 Å². The zero-order valence-electron chi connectivity index (χ0n) is 16.6. The maximum Gasteiger partial charge on any atom is 0.262 e. The van der Waals surface area contributed by atoms with Crippen LogP contribution in [0.25, 0.3) is 0 Å². The van der Waals surface area contributed by atoms with Crippen LogP contribution in [0.2, 0.25) is 5.02 Å². The Bertz CT molecular complexity index is 949. The minimum Gasteiger partial charge on any atom is -0.484 e. The van der Waals surface area contributed by atoms with Crippen molar-refractivity contribution in [2.24, 2.45) is 0 Å². The maximum atomic E-state index is 12.2. The van der Waals surface area contributed by atoms with Crippen LogP contribution in [-0.4, -0.2) is 39.3 Å². The molecule has 2 aromatic rings. The van der Waals surface area contributed by atoms with Crippen molar-refractivity contribution in [1.29, 1.82) is 0 Å². The Morgan fingerprint density at radius 2 is 1.71 bits per heavy atom. The van der Waals surface area contributed by atoms with Gasteiger partial charge in [0.2, 0.25) is 10.0 Å². The molecule has 0 aliphatic carbocycles. The van der Waals surface area contributed by atoms with E-state index in [4.69, 9.17) is 16.3 Å². The lowest BCUT2D eigenvalue weighted by Gasteiger charge is -2.19. The number of hydrogen-bond donors (Lipinski definition) is 1. The molecule has 8 heteroatoms. The van der Waals surface area contributed by atoms with Gasteiger partial charge in [-0.1, -0.05) is 44.5 Å². The number of sulfonamides is 1. The number of hydrogen-bond acceptors (Lipinski definition) is 4. The molecule has 2 aromatic carbocycles. The third-order valence-electron chi connectivity index (χ3n) is 4.08. The standard InChI is InChI=1S/C20H25ClN2O4S/c1-20(2,3)14-6-8-15(9-7-14)27-13-19(24)22-18-12-16(10-11-17(18)21)28(25,26)23(4)5/h6-12H,13H2,1-5H3,(H,22,24). The molecule has 0 aromatic heterocycles. The van der Waals surface area contributed by atoms with Gasteiger partial charge in [0.1, 0.15) is 5.75 Å². The van der Waals surface area contributed by atoms with Gasteiger partial charge in [0.25, 0.3) is 5.91 Å². The Hall–Kier alpha value is -2.09. The zero-order valence-corrected chi connectivity index (χ0v) is 18.2. The summed E-state index contributed by atoms with van der Waals surface area (Å²) in [4.78, 5) is 12.2. The lowest BCUT2D eigenvalue weighted by molar-refractivity contribution is -0.118. The highest BCUT2D eigenvalue weighted by molar-refractivity contribution is 7.89. The van der Waals surface area contributed by atoms with Gasteiger partial charge in [-0.3, -0.25) is 4.79 Å². The Labute approximate surface area is 171 Å². The van der Waals surface area contributed by atoms with E-state index in [1.165, 1.54) is 32.3 Å². The van der Waals surface area contributed by atoms with Gasteiger partial charge in [-0.15, -0.1) is 0 Å². The molecule has 0 spiro atoms. The smallest absolute Gasteiger partial charge is 0.262 e. The number of nitrogens with zero attached hydrogens (tertiary/aromatic N) is 1. The fourth-order valence-electron chi connectivity index (χ4n) is 2.36. The number of rotatable bonds is 6. The van der Waals surface area contributed by atoms with Crippen molar-refractivity contribution < 1.29 is 17.9 Å². The van der Waals surface area contributed by atoms with E-state index in [1.54, 1.807) is 0 Å². The molecule has 0 radical (unpaired) electrons. The van der Waals surface area contributed by atoms with E-state index >= 15 is 0 Å². The lowest BCUT2D eigenvalue weighted by atomic mass is 9.87. The van der Waals surface area contributed by atoms with E-state index in [0.29, 0.717) is 5.75 Å². The van der Waals surface area contributed by atoms with E-state index in [9.17, 15) is 13.2 Å². The van der Waals surface area contributed by atoms with E-state index in [1.807, 2.05) is 24.3 Å². The molecule has 152 valence electrons. The molecule has 0 bridgehead atoms. The largest absolute Gasteiger partial charge is 0.484 e. The van der Waals surface area contributed by atoms with Gasteiger partial charge in [0.15, 0.2) is 6.61 Å². The summed E-state index contributed by atoms with van der Waals surface area (Å²) in [6.07, 6.45) is 0. The first-order chi connectivity index (χ1) is 12.9. The van der Waals surface area contributed by atoms with Gasteiger partial charge in [-0.25, -0.2) is 12.7 Å². The summed E-state index contributed by atoms with van der Waals surface area (Å²) < 4.78 is 31.1. The highest BCUT2D eigenvalue weighted by Crippen LogP contribution is 2.27. The topological polar surface area (TPSA) is 75.7 Å². The Kier molecular flexibility index (Phi) is 6.75. The summed E-state index contributed by atoms with van der Waals surface area (Å²) in [5.74, 6) is 0.124. The Balaban J connectivity index is 2.05. The third-order valence-corrected chi connectivity index (χ3v) is 6.22. The van der Waals surface area contributed by atoms with E-state index in [0.717, 1.165) is 9.87 Å². The average molecular weight is 425 g/mol. The van der Waals surface area contributed by atoms with Crippen LogP contribution in [0.4, 0.5) is 5.69 Å². The molecule has 2 rings (SSSR count). The fraction of sp³-hybridized carbons (Fsp3) is 0.350.